The highest BCUT2D eigenvalue weighted by Gasteiger charge is 2.29. The topological polar surface area (TPSA) is 6.48 Å². The molecule has 2 atom stereocenters. The van der Waals surface area contributed by atoms with Crippen LogP contribution in [-0.2, 0) is 0 Å². The summed E-state index contributed by atoms with van der Waals surface area (Å²) in [5.41, 5.74) is 0. The average Bonchev–Trinajstić information content (AvgIpc) is 3.05. The van der Waals surface area contributed by atoms with E-state index in [1.807, 2.05) is 0 Å². The summed E-state index contributed by atoms with van der Waals surface area (Å²) in [6, 6.07) is 0. The van der Waals surface area contributed by atoms with Crippen LogP contribution in [0.1, 0.15) is 51.4 Å². The second-order valence-corrected chi connectivity index (χ2v) is 6.82. The number of rotatable bonds is 4. The lowest BCUT2D eigenvalue weighted by Gasteiger charge is -2.36. The van der Waals surface area contributed by atoms with Crippen molar-refractivity contribution in [1.29, 1.82) is 0 Å². The average molecular weight is 250 g/mol. The van der Waals surface area contributed by atoms with Crippen LogP contribution in [0.5, 0.6) is 0 Å². The van der Waals surface area contributed by atoms with Gasteiger partial charge in [-0.2, -0.15) is 0 Å². The van der Waals surface area contributed by atoms with Gasteiger partial charge in [0.25, 0.3) is 0 Å². The lowest BCUT2D eigenvalue weighted by atomic mass is 9.78. The number of hydrogen-bond donors (Lipinski definition) is 0. The Kier molecular flexibility index (Phi) is 4.58. The minimum absolute atomic E-state index is 1.01. The molecule has 0 amide bonds. The first-order chi connectivity index (χ1) is 8.92. The van der Waals surface area contributed by atoms with Crippen molar-refractivity contribution < 1.29 is 0 Å². The normalized spacial score (nSPS) is 35.3. The minimum atomic E-state index is 1.01. The van der Waals surface area contributed by atoms with Crippen LogP contribution < -0.4 is 0 Å². The molecule has 0 bridgehead atoms. The molecule has 0 radical (unpaired) electrons. The Labute approximate surface area is 113 Å². The first kappa shape index (κ1) is 12.9. The molecule has 2 nitrogen and oxygen atoms in total. The van der Waals surface area contributed by atoms with Crippen LogP contribution in [0.15, 0.2) is 0 Å². The molecule has 3 rings (SSSR count). The van der Waals surface area contributed by atoms with E-state index in [9.17, 15) is 0 Å². The predicted molar refractivity (Wildman–Crippen MR) is 76.8 cm³/mol. The lowest BCUT2D eigenvalue weighted by molar-refractivity contribution is 0.132. The predicted octanol–water partition coefficient (Wildman–Crippen LogP) is 2.98. The van der Waals surface area contributed by atoms with Crippen molar-refractivity contribution in [2.24, 2.45) is 11.8 Å². The van der Waals surface area contributed by atoms with Gasteiger partial charge in [0.1, 0.15) is 0 Å². The molecule has 18 heavy (non-hydrogen) atoms. The molecule has 0 N–H and O–H groups in total. The molecule has 0 aromatic carbocycles. The highest BCUT2D eigenvalue weighted by atomic mass is 15.2. The van der Waals surface area contributed by atoms with E-state index < -0.39 is 0 Å². The summed E-state index contributed by atoms with van der Waals surface area (Å²) < 4.78 is 0. The molecule has 1 saturated carbocycles. The monoisotopic (exact) mass is 250 g/mol. The Balaban J connectivity index is 1.51. The van der Waals surface area contributed by atoms with Crippen LogP contribution in [0.2, 0.25) is 0 Å². The van der Waals surface area contributed by atoms with Gasteiger partial charge in [0, 0.05) is 13.1 Å². The Bertz CT molecular complexity index is 215. The number of hydrogen-bond acceptors (Lipinski definition) is 2. The fourth-order valence-electron chi connectivity index (χ4n) is 4.36. The van der Waals surface area contributed by atoms with Gasteiger partial charge in [-0.05, 0) is 76.5 Å². The van der Waals surface area contributed by atoms with Gasteiger partial charge >= 0.3 is 0 Å². The SMILES string of the molecule is C1CC[C@@H](CN2CCCC2)[C@H](CN2CCCC2)C1. The third-order valence-electron chi connectivity index (χ3n) is 5.45. The van der Waals surface area contributed by atoms with Crippen LogP contribution in [0.4, 0.5) is 0 Å². The van der Waals surface area contributed by atoms with E-state index in [4.69, 9.17) is 0 Å². The van der Waals surface area contributed by atoms with Gasteiger partial charge in [0.2, 0.25) is 0 Å². The fourth-order valence-corrected chi connectivity index (χ4v) is 4.36. The van der Waals surface area contributed by atoms with E-state index in [0.29, 0.717) is 0 Å². The summed E-state index contributed by atoms with van der Waals surface area (Å²) in [6.45, 7) is 8.36. The fraction of sp³-hybridized carbons (Fsp3) is 1.00. The van der Waals surface area contributed by atoms with Crippen molar-refractivity contribution in [2.75, 3.05) is 39.3 Å². The largest absolute Gasteiger partial charge is 0.303 e. The van der Waals surface area contributed by atoms with Crippen molar-refractivity contribution in [3.63, 3.8) is 0 Å². The van der Waals surface area contributed by atoms with Gasteiger partial charge in [-0.25, -0.2) is 0 Å². The molecular formula is C16H30N2. The van der Waals surface area contributed by atoms with Crippen molar-refractivity contribution in [3.8, 4) is 0 Å². The summed E-state index contributed by atoms with van der Waals surface area (Å²) >= 11 is 0. The van der Waals surface area contributed by atoms with E-state index in [1.54, 1.807) is 0 Å². The molecule has 0 aromatic rings. The van der Waals surface area contributed by atoms with Crippen molar-refractivity contribution >= 4 is 0 Å². The summed E-state index contributed by atoms with van der Waals surface area (Å²) in [5, 5.41) is 0. The summed E-state index contributed by atoms with van der Waals surface area (Å²) in [6.07, 6.45) is 11.8. The van der Waals surface area contributed by atoms with Gasteiger partial charge in [0.05, 0.1) is 0 Å². The van der Waals surface area contributed by atoms with E-state index in [0.717, 1.165) is 11.8 Å². The summed E-state index contributed by atoms with van der Waals surface area (Å²) in [7, 11) is 0. The van der Waals surface area contributed by atoms with Gasteiger partial charge in [0.15, 0.2) is 0 Å². The smallest absolute Gasteiger partial charge is 0.00128 e. The van der Waals surface area contributed by atoms with Crippen molar-refractivity contribution in [1.82, 2.24) is 9.80 Å². The molecular weight excluding hydrogens is 220 g/mol. The van der Waals surface area contributed by atoms with E-state index >= 15 is 0 Å². The summed E-state index contributed by atoms with van der Waals surface area (Å²) in [4.78, 5) is 5.49. The van der Waals surface area contributed by atoms with Crippen LogP contribution in [-0.4, -0.2) is 49.1 Å². The highest BCUT2D eigenvalue weighted by Crippen LogP contribution is 2.32. The van der Waals surface area contributed by atoms with Crippen molar-refractivity contribution in [2.45, 2.75) is 51.4 Å². The molecule has 2 aliphatic heterocycles. The van der Waals surface area contributed by atoms with Crippen LogP contribution >= 0.6 is 0 Å². The van der Waals surface area contributed by atoms with Crippen LogP contribution in [0.3, 0.4) is 0 Å². The first-order valence-corrected chi connectivity index (χ1v) is 8.36. The molecule has 0 spiro atoms. The van der Waals surface area contributed by atoms with Gasteiger partial charge in [-0.3, -0.25) is 0 Å². The second kappa shape index (κ2) is 6.38. The number of nitrogens with zero attached hydrogens (tertiary/aromatic N) is 2. The molecule has 1 aliphatic carbocycles. The molecule has 2 heteroatoms. The molecule has 3 aliphatic rings. The van der Waals surface area contributed by atoms with E-state index in [2.05, 4.69) is 9.80 Å². The Morgan fingerprint density at radius 2 is 0.944 bits per heavy atom. The van der Waals surface area contributed by atoms with Gasteiger partial charge < -0.3 is 9.80 Å². The maximum atomic E-state index is 2.74. The molecule has 0 aromatic heterocycles. The second-order valence-electron chi connectivity index (χ2n) is 6.82. The Hall–Kier alpha value is -0.0800. The molecule has 104 valence electrons. The highest BCUT2D eigenvalue weighted by molar-refractivity contribution is 4.83. The Morgan fingerprint density at radius 3 is 1.33 bits per heavy atom. The zero-order valence-electron chi connectivity index (χ0n) is 11.9. The zero-order chi connectivity index (χ0) is 12.2. The van der Waals surface area contributed by atoms with Crippen LogP contribution in [0.25, 0.3) is 0 Å². The zero-order valence-corrected chi connectivity index (χ0v) is 11.9. The Morgan fingerprint density at radius 1 is 0.556 bits per heavy atom. The molecule has 3 fully saturated rings. The maximum Gasteiger partial charge on any atom is 0.00128 e. The van der Waals surface area contributed by atoms with Gasteiger partial charge in [-0.1, -0.05) is 12.8 Å². The summed E-state index contributed by atoms with van der Waals surface area (Å²) in [5.74, 6) is 2.02. The number of likely N-dealkylation sites (tertiary alicyclic amines) is 2. The molecule has 0 unspecified atom stereocenters. The third kappa shape index (κ3) is 3.27. The van der Waals surface area contributed by atoms with Crippen molar-refractivity contribution in [3.05, 3.63) is 0 Å². The third-order valence-corrected chi connectivity index (χ3v) is 5.45. The molecule has 2 saturated heterocycles. The standard InChI is InChI=1S/C16H30N2/c1-2-8-16(14-18-11-5-6-12-18)15(7-1)13-17-9-3-4-10-17/h15-16H,1-14H2/t15-,16-/m0/s1. The first-order valence-electron chi connectivity index (χ1n) is 8.36. The maximum absolute atomic E-state index is 2.74. The van der Waals surface area contributed by atoms with Crippen LogP contribution in [0, 0.1) is 11.8 Å². The molecule has 2 heterocycles. The van der Waals surface area contributed by atoms with Gasteiger partial charge in [-0.15, -0.1) is 0 Å². The quantitative estimate of drug-likeness (QED) is 0.757. The van der Waals surface area contributed by atoms with E-state index in [-0.39, 0.29) is 0 Å². The lowest BCUT2D eigenvalue weighted by Crippen LogP contribution is -2.38. The minimum Gasteiger partial charge on any atom is -0.303 e. The van der Waals surface area contributed by atoms with E-state index in [1.165, 1.54) is 90.6 Å².